The van der Waals surface area contributed by atoms with Crippen LogP contribution in [0, 0.1) is 62.5 Å². The van der Waals surface area contributed by atoms with Crippen LogP contribution in [0.4, 0.5) is 4.39 Å². The Balaban J connectivity index is 2.29. The van der Waals surface area contributed by atoms with Crippen molar-refractivity contribution in [1.82, 2.24) is 5.32 Å². The van der Waals surface area contributed by atoms with E-state index in [-0.39, 0.29) is 17.2 Å². The average Bonchev–Trinajstić information content (AvgIpc) is 2.62. The molecule has 0 bridgehead atoms. The molecular weight excluding hydrogens is 305 g/mol. The molecule has 6 heteroatoms. The highest BCUT2D eigenvalue weighted by Crippen LogP contribution is 2.53. The molecule has 1 aromatic carbocycles. The molecule has 1 saturated carbocycles. The highest BCUT2D eigenvalue weighted by molar-refractivity contribution is 6.00. The van der Waals surface area contributed by atoms with Crippen molar-refractivity contribution >= 4 is 5.71 Å². The Morgan fingerprint density at radius 2 is 1.92 bits per heavy atom. The minimum atomic E-state index is -1.86. The van der Waals surface area contributed by atoms with Crippen molar-refractivity contribution in [3.63, 3.8) is 0 Å². The third kappa shape index (κ3) is 2.03. The number of rotatable bonds is 1. The van der Waals surface area contributed by atoms with Gasteiger partial charge in [-0.05, 0) is 17.2 Å². The minimum Gasteiger partial charge on any atom is -0.313 e. The van der Waals surface area contributed by atoms with Crippen LogP contribution in [0.2, 0.25) is 0 Å². The SMILES string of the molecule is N#C[C@@H]1C(=N)C(C#N)(C#N)[C@@H](c2ccccc2F)[C@@H]2CNCC=C12. The Morgan fingerprint density at radius 1 is 1.21 bits per heavy atom. The first-order valence-corrected chi connectivity index (χ1v) is 7.56. The summed E-state index contributed by atoms with van der Waals surface area (Å²) in [6.45, 7) is 0.981. The maximum atomic E-state index is 14.5. The first-order chi connectivity index (χ1) is 11.6. The fourth-order valence-electron chi connectivity index (χ4n) is 3.80. The van der Waals surface area contributed by atoms with Crippen LogP contribution in [-0.4, -0.2) is 18.8 Å². The molecular formula is C18H14FN5. The number of hydrogen-bond acceptors (Lipinski definition) is 5. The van der Waals surface area contributed by atoms with Gasteiger partial charge >= 0.3 is 0 Å². The van der Waals surface area contributed by atoms with Gasteiger partial charge in [0.05, 0.1) is 23.9 Å². The van der Waals surface area contributed by atoms with Crippen LogP contribution in [0.5, 0.6) is 0 Å². The van der Waals surface area contributed by atoms with E-state index in [4.69, 9.17) is 5.41 Å². The first kappa shape index (κ1) is 15.9. The van der Waals surface area contributed by atoms with Crippen molar-refractivity contribution < 1.29 is 4.39 Å². The molecule has 2 N–H and O–H groups in total. The van der Waals surface area contributed by atoms with Crippen molar-refractivity contribution in [3.8, 4) is 18.2 Å². The second kappa shape index (κ2) is 5.89. The zero-order valence-electron chi connectivity index (χ0n) is 12.8. The van der Waals surface area contributed by atoms with E-state index in [0.29, 0.717) is 18.7 Å². The van der Waals surface area contributed by atoms with Crippen molar-refractivity contribution in [2.45, 2.75) is 5.92 Å². The second-order valence-electron chi connectivity index (χ2n) is 5.98. The van der Waals surface area contributed by atoms with Gasteiger partial charge in [0.1, 0.15) is 11.7 Å². The van der Waals surface area contributed by atoms with Crippen LogP contribution in [0.1, 0.15) is 11.5 Å². The van der Waals surface area contributed by atoms with E-state index in [1.807, 2.05) is 24.3 Å². The van der Waals surface area contributed by atoms with Gasteiger partial charge in [-0.25, -0.2) is 4.39 Å². The maximum Gasteiger partial charge on any atom is 0.189 e. The number of benzene rings is 1. The summed E-state index contributed by atoms with van der Waals surface area (Å²) in [6.07, 6.45) is 1.82. The van der Waals surface area contributed by atoms with Crippen LogP contribution >= 0.6 is 0 Å². The molecule has 118 valence electrons. The molecule has 5 nitrogen and oxygen atoms in total. The molecule has 1 heterocycles. The molecule has 2 aliphatic rings. The monoisotopic (exact) mass is 319 g/mol. The molecule has 1 fully saturated rings. The molecule has 3 rings (SSSR count). The van der Waals surface area contributed by atoms with E-state index in [1.54, 1.807) is 18.2 Å². The summed E-state index contributed by atoms with van der Waals surface area (Å²) in [5.41, 5.74) is -1.17. The molecule has 0 amide bonds. The summed E-state index contributed by atoms with van der Waals surface area (Å²) in [6, 6.07) is 11.9. The molecule has 3 atom stereocenters. The van der Waals surface area contributed by atoms with E-state index in [2.05, 4.69) is 5.32 Å². The molecule has 24 heavy (non-hydrogen) atoms. The summed E-state index contributed by atoms with van der Waals surface area (Å²) in [4.78, 5) is 0. The van der Waals surface area contributed by atoms with Crippen molar-refractivity contribution in [3.05, 3.63) is 47.3 Å². The van der Waals surface area contributed by atoms with Gasteiger partial charge in [-0.3, -0.25) is 0 Å². The highest BCUT2D eigenvalue weighted by atomic mass is 19.1. The van der Waals surface area contributed by atoms with Crippen LogP contribution in [0.3, 0.4) is 0 Å². The number of halogens is 1. The molecule has 0 spiro atoms. The average molecular weight is 319 g/mol. The van der Waals surface area contributed by atoms with Gasteiger partial charge in [0.25, 0.3) is 0 Å². The highest BCUT2D eigenvalue weighted by Gasteiger charge is 2.57. The van der Waals surface area contributed by atoms with Gasteiger partial charge in [0.2, 0.25) is 0 Å². The van der Waals surface area contributed by atoms with Crippen molar-refractivity contribution in [1.29, 1.82) is 21.2 Å². The van der Waals surface area contributed by atoms with Crippen molar-refractivity contribution in [2.24, 2.45) is 17.3 Å². The smallest absolute Gasteiger partial charge is 0.189 e. The van der Waals surface area contributed by atoms with Crippen molar-refractivity contribution in [2.75, 3.05) is 13.1 Å². The van der Waals surface area contributed by atoms with Gasteiger partial charge in [0, 0.05) is 24.9 Å². The normalized spacial score (nSPS) is 27.8. The predicted molar refractivity (Wildman–Crippen MR) is 84.1 cm³/mol. The molecule has 0 unspecified atom stereocenters. The Labute approximate surface area is 139 Å². The van der Waals surface area contributed by atoms with Gasteiger partial charge in [-0.1, -0.05) is 24.3 Å². The van der Waals surface area contributed by atoms with E-state index >= 15 is 0 Å². The van der Waals surface area contributed by atoms with E-state index in [9.17, 15) is 20.2 Å². The number of fused-ring (bicyclic) bond motifs is 1. The standard InChI is InChI=1S/C18H14FN5/c19-15-4-2-1-3-12(15)16-14-8-24-6-5-11(14)13(7-20)17(23)18(16,9-21)10-22/h1-5,13-14,16,23-24H,6,8H2/t13-,14+,16-/m0/s1. The number of nitrogens with one attached hydrogen (secondary N) is 2. The quantitative estimate of drug-likeness (QED) is 0.774. The Morgan fingerprint density at radius 3 is 2.54 bits per heavy atom. The van der Waals surface area contributed by atoms with Crippen LogP contribution < -0.4 is 5.32 Å². The van der Waals surface area contributed by atoms with E-state index in [0.717, 1.165) is 0 Å². The van der Waals surface area contributed by atoms with Gasteiger partial charge in [-0.15, -0.1) is 0 Å². The van der Waals surface area contributed by atoms with Crippen LogP contribution in [-0.2, 0) is 0 Å². The molecule has 1 aliphatic carbocycles. The third-order valence-corrected chi connectivity index (χ3v) is 4.91. The van der Waals surface area contributed by atoms with E-state index < -0.39 is 23.1 Å². The minimum absolute atomic E-state index is 0.237. The lowest BCUT2D eigenvalue weighted by Gasteiger charge is -2.45. The van der Waals surface area contributed by atoms with Gasteiger partial charge in [-0.2, -0.15) is 15.8 Å². The molecule has 1 aromatic rings. The first-order valence-electron chi connectivity index (χ1n) is 7.56. The molecule has 0 saturated heterocycles. The fourth-order valence-corrected chi connectivity index (χ4v) is 3.80. The Bertz CT molecular complexity index is 837. The second-order valence-corrected chi connectivity index (χ2v) is 5.98. The summed E-state index contributed by atoms with van der Waals surface area (Å²) in [7, 11) is 0. The zero-order valence-corrected chi connectivity index (χ0v) is 12.8. The number of nitriles is 3. The largest absolute Gasteiger partial charge is 0.313 e. The number of nitrogens with zero attached hydrogens (tertiary/aromatic N) is 3. The topological polar surface area (TPSA) is 107 Å². The van der Waals surface area contributed by atoms with E-state index in [1.165, 1.54) is 6.07 Å². The summed E-state index contributed by atoms with van der Waals surface area (Å²) in [5.74, 6) is -2.64. The molecule has 1 aliphatic heterocycles. The number of hydrogen-bond donors (Lipinski definition) is 2. The van der Waals surface area contributed by atoms with Gasteiger partial charge < -0.3 is 10.7 Å². The summed E-state index contributed by atoms with van der Waals surface area (Å²) < 4.78 is 14.5. The summed E-state index contributed by atoms with van der Waals surface area (Å²) in [5, 5.41) is 40.5. The van der Waals surface area contributed by atoms with Crippen LogP contribution in [0.25, 0.3) is 0 Å². The molecule has 0 aromatic heterocycles. The lowest BCUT2D eigenvalue weighted by Crippen LogP contribution is -2.52. The van der Waals surface area contributed by atoms with Crippen LogP contribution in [0.15, 0.2) is 35.9 Å². The maximum absolute atomic E-state index is 14.5. The summed E-state index contributed by atoms with van der Waals surface area (Å²) >= 11 is 0. The zero-order chi connectivity index (χ0) is 17.3. The predicted octanol–water partition coefficient (Wildman–Crippen LogP) is 2.26. The van der Waals surface area contributed by atoms with Gasteiger partial charge in [0.15, 0.2) is 5.41 Å². The fraction of sp³-hybridized carbons (Fsp3) is 0.333. The molecule has 0 radical (unpaired) electrons. The lowest BCUT2D eigenvalue weighted by molar-refractivity contribution is 0.324. The Hall–Kier alpha value is -3.01. The Kier molecular flexibility index (Phi) is 3.89. The third-order valence-electron chi connectivity index (χ3n) is 4.91. The lowest BCUT2D eigenvalue weighted by atomic mass is 9.54.